The number of esters is 1. The maximum Gasteiger partial charge on any atom is 1.00 e. The van der Waals surface area contributed by atoms with Gasteiger partial charge in [-0.3, -0.25) is 13.2 Å². The van der Waals surface area contributed by atoms with E-state index in [9.17, 15) is 4.79 Å². The average molecular weight is 393 g/mol. The first-order chi connectivity index (χ1) is 11.7. The van der Waals surface area contributed by atoms with Crippen LogP contribution < -0.4 is 10.1 Å². The highest BCUT2D eigenvalue weighted by Crippen LogP contribution is 2.38. The minimum atomic E-state index is -5.17. The molecule has 25 heavy (non-hydrogen) atoms. The number of hydrogen-bond donors (Lipinski definition) is 1. The number of nitrogens with zero attached hydrogens (tertiary/aromatic N) is 2. The van der Waals surface area contributed by atoms with Crippen molar-refractivity contribution in [1.82, 2.24) is 0 Å². The van der Waals surface area contributed by atoms with Gasteiger partial charge in [0, 0.05) is 10.4 Å². The van der Waals surface area contributed by atoms with E-state index in [1.54, 1.807) is 37.9 Å². The molecule has 0 saturated carbocycles. The van der Waals surface area contributed by atoms with Crippen molar-refractivity contribution in [2.45, 2.75) is 18.7 Å². The number of hydrogen-bond acceptors (Lipinski definition) is 10. The molecule has 0 fully saturated rings. The number of carbonyl (C=O) groups is 1. The largest absolute Gasteiger partial charge is 1.00 e. The van der Waals surface area contributed by atoms with Crippen molar-refractivity contribution in [2.24, 2.45) is 0 Å². The molecule has 10 nitrogen and oxygen atoms in total. The first kappa shape index (κ1) is 22.9. The Morgan fingerprint density at radius 1 is 1.40 bits per heavy atom. The second-order valence-electron chi connectivity index (χ2n) is 4.12. The Hall–Kier alpha value is -2.07. The van der Waals surface area contributed by atoms with Gasteiger partial charge < -0.3 is 23.9 Å². The lowest BCUT2D eigenvalue weighted by atomic mass is 10.2. The van der Waals surface area contributed by atoms with E-state index in [2.05, 4.69) is 10.3 Å². The van der Waals surface area contributed by atoms with Crippen LogP contribution >= 0.6 is 11.8 Å². The van der Waals surface area contributed by atoms with Gasteiger partial charge in [-0.15, -0.1) is 11.8 Å². The van der Waals surface area contributed by atoms with Crippen LogP contribution in [-0.2, 0) is 19.9 Å². The summed E-state index contributed by atoms with van der Waals surface area (Å²) in [5.74, 6) is 1.15. The van der Waals surface area contributed by atoms with Crippen molar-refractivity contribution in [3.63, 3.8) is 0 Å². The van der Waals surface area contributed by atoms with Gasteiger partial charge in [-0.05, 0) is 18.7 Å². The zero-order valence-electron chi connectivity index (χ0n) is 14.8. The molecular formula is C13H19N3O7S2. The number of thioether (sulfide) groups is 1. The van der Waals surface area contributed by atoms with Crippen molar-refractivity contribution >= 4 is 39.5 Å². The Bertz CT molecular complexity index is 715. The van der Waals surface area contributed by atoms with Crippen molar-refractivity contribution in [3.8, 4) is 5.75 Å². The van der Waals surface area contributed by atoms with E-state index in [4.69, 9.17) is 32.4 Å². The summed E-state index contributed by atoms with van der Waals surface area (Å²) in [6.07, 6.45) is 0. The molecule has 0 aromatic heterocycles. The second kappa shape index (κ2) is 11.5. The minimum Gasteiger partial charge on any atom is -0.759 e. The molecule has 140 valence electrons. The fourth-order valence-corrected chi connectivity index (χ4v) is 2.38. The van der Waals surface area contributed by atoms with Crippen molar-refractivity contribution in [3.05, 3.63) is 17.1 Å². The predicted molar refractivity (Wildman–Crippen MR) is 90.8 cm³/mol. The van der Waals surface area contributed by atoms with Crippen LogP contribution in [0.15, 0.2) is 17.0 Å². The standard InChI is InChI=1S/C13H18N3O3S.H2O4S/c1-4-19-13(17)8-15-9-7-12(20-5-2)11(18-3)6-10(9)16-14;1-5(2,3)4/h6-7,15H,4-5,8H2,1-3H3;(H2,1,2,3,4)/q+1;/p-1. The quantitative estimate of drug-likeness (QED) is 0.239. The van der Waals surface area contributed by atoms with E-state index in [0.717, 1.165) is 10.6 Å². The van der Waals surface area contributed by atoms with Crippen LogP contribution in [0.3, 0.4) is 0 Å². The Morgan fingerprint density at radius 2 is 2.00 bits per heavy atom. The fourth-order valence-electron chi connectivity index (χ4n) is 1.58. The number of nitrogens with one attached hydrogen (secondary N) is 1. The first-order valence-corrected chi connectivity index (χ1v) is 9.24. The molecule has 0 aliphatic heterocycles. The van der Waals surface area contributed by atoms with Gasteiger partial charge in [-0.1, -0.05) is 6.92 Å². The van der Waals surface area contributed by atoms with Crippen molar-refractivity contribution < 1.29 is 33.2 Å². The molecule has 1 aromatic rings. The number of methoxy groups -OCH3 is 1. The molecule has 0 unspecified atom stereocenters. The number of diazo groups is 1. The SMILES string of the molecule is CCOC(=O)CNc1cc(SCC)c(OC)cc1[N+]#N.O=S(=O)([O-])[O-].[H+]. The van der Waals surface area contributed by atoms with Crippen LogP contribution in [0.1, 0.15) is 15.3 Å². The van der Waals surface area contributed by atoms with E-state index in [0.29, 0.717) is 23.7 Å². The molecule has 0 aliphatic rings. The van der Waals surface area contributed by atoms with Crippen molar-refractivity contribution in [1.29, 1.82) is 5.39 Å². The number of anilines is 1. The summed E-state index contributed by atoms with van der Waals surface area (Å²) in [5, 5.41) is 11.9. The molecule has 1 rings (SSSR count). The summed E-state index contributed by atoms with van der Waals surface area (Å²) in [4.78, 5) is 15.5. The topological polar surface area (TPSA) is 156 Å². The molecule has 0 amide bonds. The van der Waals surface area contributed by atoms with Crippen LogP contribution in [0, 0.1) is 5.39 Å². The lowest BCUT2D eigenvalue weighted by Crippen LogP contribution is -2.16. The highest BCUT2D eigenvalue weighted by atomic mass is 32.3. The Labute approximate surface area is 151 Å². The van der Waals surface area contributed by atoms with Crippen LogP contribution in [0.25, 0.3) is 4.98 Å². The van der Waals surface area contributed by atoms with Gasteiger partial charge in [-0.2, -0.15) is 0 Å². The highest BCUT2D eigenvalue weighted by molar-refractivity contribution is 7.99. The van der Waals surface area contributed by atoms with E-state index in [1.807, 2.05) is 6.92 Å². The number of rotatable bonds is 7. The predicted octanol–water partition coefficient (Wildman–Crippen LogP) is 2.04. The molecule has 0 spiro atoms. The van der Waals surface area contributed by atoms with Gasteiger partial charge in [0.1, 0.15) is 18.0 Å². The van der Waals surface area contributed by atoms with Gasteiger partial charge in [0.05, 0.1) is 24.7 Å². The Morgan fingerprint density at radius 3 is 2.44 bits per heavy atom. The van der Waals surface area contributed by atoms with E-state index < -0.39 is 10.4 Å². The van der Waals surface area contributed by atoms with Crippen molar-refractivity contribution in [2.75, 3.05) is 31.3 Å². The highest BCUT2D eigenvalue weighted by Gasteiger charge is 2.19. The molecule has 0 saturated heterocycles. The monoisotopic (exact) mass is 393 g/mol. The lowest BCUT2D eigenvalue weighted by molar-refractivity contribution is -0.140. The van der Waals surface area contributed by atoms with E-state index in [1.165, 1.54) is 0 Å². The average Bonchev–Trinajstić information content (AvgIpc) is 2.52. The van der Waals surface area contributed by atoms with Crippen LogP contribution in [0.4, 0.5) is 11.4 Å². The van der Waals surface area contributed by atoms with E-state index in [-0.39, 0.29) is 13.9 Å². The molecule has 1 N–H and O–H groups in total. The molecule has 0 radical (unpaired) electrons. The summed E-state index contributed by atoms with van der Waals surface area (Å²) in [6, 6.07) is 3.41. The van der Waals surface area contributed by atoms with E-state index >= 15 is 0 Å². The summed E-state index contributed by atoms with van der Waals surface area (Å²) in [7, 11) is -3.61. The minimum absolute atomic E-state index is 0. The number of ether oxygens (including phenoxy) is 2. The number of benzene rings is 1. The fraction of sp³-hybridized carbons (Fsp3) is 0.462. The zero-order valence-corrected chi connectivity index (χ0v) is 15.5. The number of carbonyl (C=O) groups excluding carboxylic acids is 1. The van der Waals surface area contributed by atoms with Crippen LogP contribution in [-0.4, -0.2) is 49.5 Å². The third-order valence-corrected chi connectivity index (χ3v) is 3.34. The molecule has 1 aromatic carbocycles. The summed E-state index contributed by atoms with van der Waals surface area (Å²) < 4.78 is 44.2. The second-order valence-corrected chi connectivity index (χ2v) is 6.24. The zero-order chi connectivity index (χ0) is 19.5. The molecular weight excluding hydrogens is 374 g/mol. The molecule has 0 atom stereocenters. The van der Waals surface area contributed by atoms with Gasteiger partial charge in [-0.25, -0.2) is 0 Å². The molecule has 0 heterocycles. The summed E-state index contributed by atoms with van der Waals surface area (Å²) in [5.41, 5.74) is 0.865. The normalized spacial score (nSPS) is 10.1. The van der Waals surface area contributed by atoms with Gasteiger partial charge >= 0.3 is 13.1 Å². The third kappa shape index (κ3) is 10.4. The molecule has 0 aliphatic carbocycles. The Kier molecular flexibility index (Phi) is 10.5. The van der Waals surface area contributed by atoms with Gasteiger partial charge in [0.2, 0.25) is 5.39 Å². The van der Waals surface area contributed by atoms with Crippen LogP contribution in [0.5, 0.6) is 5.75 Å². The maximum atomic E-state index is 11.3. The molecule has 12 heteroatoms. The maximum absolute atomic E-state index is 11.3. The smallest absolute Gasteiger partial charge is 0.759 e. The Balaban J connectivity index is 0. The third-order valence-electron chi connectivity index (χ3n) is 2.42. The first-order valence-electron chi connectivity index (χ1n) is 6.92. The van der Waals surface area contributed by atoms with Gasteiger partial charge in [0.15, 0.2) is 4.98 Å². The van der Waals surface area contributed by atoms with Gasteiger partial charge in [0.25, 0.3) is 0 Å². The molecule has 0 bridgehead atoms. The van der Waals surface area contributed by atoms with Crippen LogP contribution in [0.2, 0.25) is 0 Å². The summed E-state index contributed by atoms with van der Waals surface area (Å²) >= 11 is 1.60. The summed E-state index contributed by atoms with van der Waals surface area (Å²) in [6.45, 7) is 4.12. The lowest BCUT2D eigenvalue weighted by Gasteiger charge is -2.09.